The number of hydrogen-bond donors (Lipinski definition) is 2. The second-order valence-electron chi connectivity index (χ2n) is 6.10. The number of rotatable bonds is 7. The fourth-order valence-electron chi connectivity index (χ4n) is 2.62. The molecule has 7 nitrogen and oxygen atoms in total. The Kier molecular flexibility index (Phi) is 6.12. The number of aromatic nitrogens is 4. The molecule has 0 aliphatic heterocycles. The van der Waals surface area contributed by atoms with Crippen LogP contribution in [0.15, 0.2) is 33.7 Å². The van der Waals surface area contributed by atoms with Crippen LogP contribution in [0.3, 0.4) is 0 Å². The first-order valence-corrected chi connectivity index (χ1v) is 9.88. The summed E-state index contributed by atoms with van der Waals surface area (Å²) in [7, 11) is 1.85. The maximum atomic E-state index is 12.6. The minimum absolute atomic E-state index is 0.103. The van der Waals surface area contributed by atoms with Crippen LogP contribution in [0.25, 0.3) is 0 Å². The van der Waals surface area contributed by atoms with E-state index in [-0.39, 0.29) is 5.91 Å². The van der Waals surface area contributed by atoms with Crippen LogP contribution in [0.2, 0.25) is 0 Å². The third-order valence-electron chi connectivity index (χ3n) is 4.29. The quantitative estimate of drug-likeness (QED) is 0.465. The largest absolute Gasteiger partial charge is 0.361 e. The average Bonchev–Trinajstić information content (AvgIpc) is 3.16. The zero-order valence-corrected chi connectivity index (χ0v) is 17.0. The minimum atomic E-state index is -0.103. The Morgan fingerprint density at radius 2 is 2.15 bits per heavy atom. The molecule has 9 heteroatoms. The molecular weight excluding hydrogens is 382 g/mol. The van der Waals surface area contributed by atoms with Gasteiger partial charge in [0.25, 0.3) is 5.91 Å². The zero-order valence-electron chi connectivity index (χ0n) is 15.4. The summed E-state index contributed by atoms with van der Waals surface area (Å²) in [6.45, 7) is 4.31. The highest BCUT2D eigenvalue weighted by molar-refractivity contribution is 7.98. The van der Waals surface area contributed by atoms with Gasteiger partial charge >= 0.3 is 0 Å². The van der Waals surface area contributed by atoms with E-state index >= 15 is 0 Å². The van der Waals surface area contributed by atoms with E-state index in [2.05, 4.69) is 20.7 Å². The highest BCUT2D eigenvalue weighted by Crippen LogP contribution is 2.28. The second kappa shape index (κ2) is 8.53. The predicted molar refractivity (Wildman–Crippen MR) is 106 cm³/mol. The lowest BCUT2D eigenvalue weighted by Crippen LogP contribution is -2.26. The summed E-state index contributed by atoms with van der Waals surface area (Å²) in [5.41, 5.74) is 2.61. The smallest absolute Gasteiger partial charge is 0.252 e. The molecule has 0 bridgehead atoms. The lowest BCUT2D eigenvalue weighted by atomic mass is 10.2. The molecule has 0 radical (unpaired) electrons. The number of nitrogens with zero attached hydrogens (tertiary/aromatic N) is 3. The molecule has 0 aliphatic carbocycles. The van der Waals surface area contributed by atoms with Crippen molar-refractivity contribution >= 4 is 29.9 Å². The molecule has 0 fully saturated rings. The van der Waals surface area contributed by atoms with Crippen LogP contribution < -0.4 is 5.32 Å². The van der Waals surface area contributed by atoms with E-state index in [0.717, 1.165) is 27.7 Å². The summed E-state index contributed by atoms with van der Waals surface area (Å²) in [6, 6.07) is 7.59. The Hall–Kier alpha value is -2.39. The molecule has 1 amide bonds. The van der Waals surface area contributed by atoms with Gasteiger partial charge in [-0.25, -0.2) is 0 Å². The number of aromatic amines is 1. The van der Waals surface area contributed by atoms with Crippen molar-refractivity contribution in [2.75, 3.05) is 6.54 Å². The number of carbonyl (C=O) groups is 1. The van der Waals surface area contributed by atoms with Crippen LogP contribution in [-0.2, 0) is 19.2 Å². The molecule has 1 aromatic carbocycles. The maximum absolute atomic E-state index is 12.6. The van der Waals surface area contributed by atoms with E-state index in [4.69, 9.17) is 16.7 Å². The van der Waals surface area contributed by atoms with Crippen molar-refractivity contribution in [1.29, 1.82) is 0 Å². The molecular formula is C18H21N5O2S2. The summed E-state index contributed by atoms with van der Waals surface area (Å²) in [6.07, 6.45) is 0.601. The van der Waals surface area contributed by atoms with Gasteiger partial charge in [0.1, 0.15) is 11.6 Å². The molecule has 2 heterocycles. The molecule has 0 atom stereocenters. The predicted octanol–water partition coefficient (Wildman–Crippen LogP) is 3.35. The van der Waals surface area contributed by atoms with Crippen molar-refractivity contribution in [3.63, 3.8) is 0 Å². The maximum Gasteiger partial charge on any atom is 0.252 e. The van der Waals surface area contributed by atoms with Crippen molar-refractivity contribution in [3.8, 4) is 0 Å². The van der Waals surface area contributed by atoms with Crippen molar-refractivity contribution in [2.45, 2.75) is 30.9 Å². The third kappa shape index (κ3) is 4.48. The molecule has 3 rings (SSSR count). The molecule has 2 aromatic heterocycles. The van der Waals surface area contributed by atoms with Gasteiger partial charge in [0.2, 0.25) is 0 Å². The standard InChI is InChI=1S/C18H21N5O2S2/c1-11-14(12(2)25-22-11)10-27-15-7-5-4-6-13(15)17(24)19-9-8-16-20-21-18(26)23(16)3/h4-7H,8-10H2,1-3H3,(H,19,24)(H,21,26). The van der Waals surface area contributed by atoms with Crippen LogP contribution in [-0.4, -0.2) is 32.4 Å². The summed E-state index contributed by atoms with van der Waals surface area (Å²) in [4.78, 5) is 13.6. The van der Waals surface area contributed by atoms with Gasteiger partial charge in [-0.3, -0.25) is 9.89 Å². The molecule has 0 unspecified atom stereocenters. The SMILES string of the molecule is Cc1noc(C)c1CSc1ccccc1C(=O)NCCc1n[nH]c(=S)n1C. The highest BCUT2D eigenvalue weighted by atomic mass is 32.2. The lowest BCUT2D eigenvalue weighted by Gasteiger charge is -2.10. The van der Waals surface area contributed by atoms with E-state index in [0.29, 0.717) is 29.1 Å². The Balaban J connectivity index is 1.63. The van der Waals surface area contributed by atoms with E-state index in [1.807, 2.05) is 45.2 Å². The van der Waals surface area contributed by atoms with Gasteiger partial charge in [-0.15, -0.1) is 11.8 Å². The molecule has 3 aromatic rings. The molecule has 142 valence electrons. The van der Waals surface area contributed by atoms with Gasteiger partial charge in [-0.2, -0.15) is 5.10 Å². The van der Waals surface area contributed by atoms with E-state index in [1.165, 1.54) is 0 Å². The zero-order chi connectivity index (χ0) is 19.4. The number of aryl methyl sites for hydroxylation is 2. The number of thioether (sulfide) groups is 1. The summed E-state index contributed by atoms with van der Waals surface area (Å²) < 4.78 is 7.57. The number of benzene rings is 1. The molecule has 0 aliphatic rings. The number of amides is 1. The first-order chi connectivity index (χ1) is 13.0. The van der Waals surface area contributed by atoms with Crippen molar-refractivity contribution < 1.29 is 9.32 Å². The van der Waals surface area contributed by atoms with Gasteiger partial charge in [0.15, 0.2) is 4.77 Å². The van der Waals surface area contributed by atoms with Crippen molar-refractivity contribution in [2.24, 2.45) is 7.05 Å². The molecule has 2 N–H and O–H groups in total. The fraction of sp³-hybridized carbons (Fsp3) is 0.333. The first kappa shape index (κ1) is 19.4. The second-order valence-corrected chi connectivity index (χ2v) is 7.50. The number of carbonyl (C=O) groups excluding carboxylic acids is 1. The van der Waals surface area contributed by atoms with Crippen LogP contribution in [0, 0.1) is 18.6 Å². The topological polar surface area (TPSA) is 88.7 Å². The van der Waals surface area contributed by atoms with Crippen LogP contribution in [0.5, 0.6) is 0 Å². The molecule has 0 spiro atoms. The van der Waals surface area contributed by atoms with Crippen molar-refractivity contribution in [1.82, 2.24) is 25.2 Å². The summed E-state index contributed by atoms with van der Waals surface area (Å²) in [5.74, 6) is 2.22. The number of hydrogen-bond acceptors (Lipinski definition) is 6. The normalized spacial score (nSPS) is 10.9. The van der Waals surface area contributed by atoms with E-state index < -0.39 is 0 Å². The lowest BCUT2D eigenvalue weighted by molar-refractivity contribution is 0.0951. The average molecular weight is 404 g/mol. The summed E-state index contributed by atoms with van der Waals surface area (Å²) in [5, 5.41) is 13.8. The Morgan fingerprint density at radius 1 is 1.37 bits per heavy atom. The van der Waals surface area contributed by atoms with E-state index in [1.54, 1.807) is 16.3 Å². The fourth-order valence-corrected chi connectivity index (χ4v) is 3.98. The number of nitrogens with one attached hydrogen (secondary N) is 2. The van der Waals surface area contributed by atoms with Gasteiger partial charge < -0.3 is 14.4 Å². The van der Waals surface area contributed by atoms with Crippen LogP contribution in [0.4, 0.5) is 0 Å². The Labute approximate surface area is 166 Å². The van der Waals surface area contributed by atoms with Crippen LogP contribution >= 0.6 is 24.0 Å². The van der Waals surface area contributed by atoms with Gasteiger partial charge in [-0.05, 0) is 38.2 Å². The first-order valence-electron chi connectivity index (χ1n) is 8.49. The van der Waals surface area contributed by atoms with Crippen molar-refractivity contribution in [3.05, 3.63) is 57.4 Å². The number of H-pyrrole nitrogens is 1. The van der Waals surface area contributed by atoms with Gasteiger partial charge in [-0.1, -0.05) is 17.3 Å². The third-order valence-corrected chi connectivity index (χ3v) is 5.76. The highest BCUT2D eigenvalue weighted by Gasteiger charge is 2.14. The monoisotopic (exact) mass is 403 g/mol. The van der Waals surface area contributed by atoms with Gasteiger partial charge in [0, 0.05) is 36.2 Å². The molecule has 27 heavy (non-hydrogen) atoms. The van der Waals surface area contributed by atoms with E-state index in [9.17, 15) is 4.79 Å². The molecule has 0 saturated heterocycles. The molecule has 0 saturated carbocycles. The van der Waals surface area contributed by atoms with Crippen LogP contribution in [0.1, 0.15) is 33.2 Å². The Morgan fingerprint density at radius 3 is 2.81 bits per heavy atom. The minimum Gasteiger partial charge on any atom is -0.361 e. The Bertz CT molecular complexity index is 986. The summed E-state index contributed by atoms with van der Waals surface area (Å²) >= 11 is 6.70. The van der Waals surface area contributed by atoms with Gasteiger partial charge in [0.05, 0.1) is 11.3 Å².